The molecule has 0 amide bonds. The van der Waals surface area contributed by atoms with Crippen LogP contribution in [0.1, 0.15) is 6.92 Å². The first-order valence-corrected chi connectivity index (χ1v) is 6.61. The van der Waals surface area contributed by atoms with Crippen LogP contribution in [0.5, 0.6) is 0 Å². The van der Waals surface area contributed by atoms with Crippen molar-refractivity contribution in [2.45, 2.75) is 6.92 Å². The Balaban J connectivity index is 2.40. The molecule has 0 spiro atoms. The van der Waals surface area contributed by atoms with Gasteiger partial charge in [0.15, 0.2) is 5.96 Å². The van der Waals surface area contributed by atoms with Gasteiger partial charge in [0.2, 0.25) is 0 Å². The Morgan fingerprint density at radius 2 is 2.10 bits per heavy atom. The number of hydrogen-bond acceptors (Lipinski definition) is 4. The van der Waals surface area contributed by atoms with Crippen molar-refractivity contribution in [2.24, 2.45) is 4.99 Å². The van der Waals surface area contributed by atoms with Crippen LogP contribution in [0.2, 0.25) is 0 Å². The summed E-state index contributed by atoms with van der Waals surface area (Å²) in [6, 6.07) is 6.27. The average Bonchev–Trinajstić information content (AvgIpc) is 2.49. The van der Waals surface area contributed by atoms with Gasteiger partial charge >= 0.3 is 0 Å². The van der Waals surface area contributed by atoms with Gasteiger partial charge in [0.1, 0.15) is 0 Å². The maximum absolute atomic E-state index is 10.5. The highest BCUT2D eigenvalue weighted by Gasteiger charge is 2.03. The fourth-order valence-corrected chi connectivity index (χ4v) is 1.55. The predicted octanol–water partition coefficient (Wildman–Crippen LogP) is 1.19. The summed E-state index contributed by atoms with van der Waals surface area (Å²) in [6.07, 6.45) is 5.18. The van der Waals surface area contributed by atoms with E-state index in [4.69, 9.17) is 6.42 Å². The molecule has 0 aliphatic carbocycles. The Morgan fingerprint density at radius 1 is 1.38 bits per heavy atom. The first-order chi connectivity index (χ1) is 10.2. The second-order valence-corrected chi connectivity index (χ2v) is 4.05. The molecule has 7 nitrogen and oxygen atoms in total. The van der Waals surface area contributed by atoms with Crippen molar-refractivity contribution in [3.63, 3.8) is 0 Å². The molecule has 0 bridgehead atoms. The number of nitrogens with one attached hydrogen (secondary N) is 3. The molecule has 1 aromatic rings. The first-order valence-electron chi connectivity index (χ1n) is 6.61. The van der Waals surface area contributed by atoms with Gasteiger partial charge in [-0.15, -0.1) is 6.42 Å². The molecule has 1 aromatic carbocycles. The smallest absolute Gasteiger partial charge is 0.269 e. The van der Waals surface area contributed by atoms with Gasteiger partial charge in [0, 0.05) is 30.9 Å². The number of aliphatic imine (C=N–C) groups is 1. The molecule has 3 N–H and O–H groups in total. The fraction of sp³-hybridized carbons (Fsp3) is 0.357. The van der Waals surface area contributed by atoms with E-state index >= 15 is 0 Å². The van der Waals surface area contributed by atoms with Crippen molar-refractivity contribution < 1.29 is 4.92 Å². The Morgan fingerprint density at radius 3 is 2.67 bits per heavy atom. The molecule has 7 heteroatoms. The lowest BCUT2D eigenvalue weighted by Gasteiger charge is -2.09. The summed E-state index contributed by atoms with van der Waals surface area (Å²) in [6.45, 7) is 4.32. The lowest BCUT2D eigenvalue weighted by Crippen LogP contribution is -2.37. The van der Waals surface area contributed by atoms with E-state index in [1.807, 2.05) is 6.92 Å². The van der Waals surface area contributed by atoms with Crippen LogP contribution in [0.4, 0.5) is 11.4 Å². The molecule has 0 atom stereocenters. The second kappa shape index (κ2) is 9.20. The molecule has 0 fully saturated rings. The Labute approximate surface area is 124 Å². The van der Waals surface area contributed by atoms with Crippen molar-refractivity contribution >= 4 is 17.3 Å². The number of nitro groups is 1. The average molecular weight is 289 g/mol. The number of benzene rings is 1. The number of hydrogen-bond donors (Lipinski definition) is 3. The first kappa shape index (κ1) is 16.3. The Hall–Kier alpha value is -2.75. The van der Waals surface area contributed by atoms with E-state index in [1.165, 1.54) is 12.1 Å². The van der Waals surface area contributed by atoms with Crippen molar-refractivity contribution in [2.75, 3.05) is 31.5 Å². The monoisotopic (exact) mass is 289 g/mol. The van der Waals surface area contributed by atoms with Crippen molar-refractivity contribution in [3.05, 3.63) is 34.4 Å². The standard InChI is InChI=1S/C14H19N5O2/c1-3-9-17-14(15-4-2)18-11-10-16-12-5-7-13(8-6-12)19(20)21/h1,5-8,16H,4,9-11H2,2H3,(H2,15,17,18). The van der Waals surface area contributed by atoms with Gasteiger partial charge in [-0.3, -0.25) is 15.1 Å². The topological polar surface area (TPSA) is 91.6 Å². The van der Waals surface area contributed by atoms with Gasteiger partial charge < -0.3 is 16.0 Å². The van der Waals surface area contributed by atoms with Gasteiger partial charge in [-0.25, -0.2) is 0 Å². The third-order valence-electron chi connectivity index (χ3n) is 2.49. The predicted molar refractivity (Wildman–Crippen MR) is 84.4 cm³/mol. The van der Waals surface area contributed by atoms with Crippen LogP contribution < -0.4 is 16.0 Å². The molecule has 0 saturated heterocycles. The number of rotatable bonds is 7. The molecule has 0 aromatic heterocycles. The van der Waals surface area contributed by atoms with E-state index in [-0.39, 0.29) is 5.69 Å². The van der Waals surface area contributed by atoms with E-state index in [1.54, 1.807) is 12.1 Å². The van der Waals surface area contributed by atoms with Gasteiger partial charge in [0.25, 0.3) is 5.69 Å². The third kappa shape index (κ3) is 6.29. The molecule has 0 saturated carbocycles. The highest BCUT2D eigenvalue weighted by molar-refractivity contribution is 5.80. The van der Waals surface area contributed by atoms with Crippen molar-refractivity contribution in [1.82, 2.24) is 10.6 Å². The minimum atomic E-state index is -0.423. The van der Waals surface area contributed by atoms with Gasteiger partial charge in [0.05, 0.1) is 18.0 Å². The van der Waals surface area contributed by atoms with Crippen LogP contribution in [-0.4, -0.2) is 37.1 Å². The molecule has 21 heavy (non-hydrogen) atoms. The number of non-ortho nitro benzene ring substituents is 1. The van der Waals surface area contributed by atoms with Crippen LogP contribution in [0.25, 0.3) is 0 Å². The van der Waals surface area contributed by atoms with Crippen LogP contribution in [-0.2, 0) is 0 Å². The quantitative estimate of drug-likeness (QED) is 0.175. The summed E-state index contributed by atoms with van der Waals surface area (Å²) < 4.78 is 0. The molecule has 112 valence electrons. The minimum Gasteiger partial charge on any atom is -0.383 e. The number of guanidine groups is 1. The van der Waals surface area contributed by atoms with Gasteiger partial charge in [-0.1, -0.05) is 5.92 Å². The van der Waals surface area contributed by atoms with Crippen LogP contribution in [0.15, 0.2) is 29.3 Å². The van der Waals surface area contributed by atoms with Gasteiger partial charge in [-0.05, 0) is 19.1 Å². The van der Waals surface area contributed by atoms with E-state index in [0.29, 0.717) is 25.6 Å². The highest BCUT2D eigenvalue weighted by atomic mass is 16.6. The number of anilines is 1. The molecular weight excluding hydrogens is 270 g/mol. The van der Waals surface area contributed by atoms with Crippen molar-refractivity contribution in [3.8, 4) is 12.3 Å². The highest BCUT2D eigenvalue weighted by Crippen LogP contribution is 2.14. The van der Waals surface area contributed by atoms with Gasteiger partial charge in [-0.2, -0.15) is 0 Å². The van der Waals surface area contributed by atoms with E-state index in [0.717, 1.165) is 12.2 Å². The summed E-state index contributed by atoms with van der Waals surface area (Å²) in [5.74, 6) is 3.15. The minimum absolute atomic E-state index is 0.0755. The van der Waals surface area contributed by atoms with Crippen LogP contribution >= 0.6 is 0 Å². The second-order valence-electron chi connectivity index (χ2n) is 4.05. The maximum atomic E-state index is 10.5. The normalized spacial score (nSPS) is 10.6. The lowest BCUT2D eigenvalue weighted by molar-refractivity contribution is -0.384. The molecule has 0 aliphatic heterocycles. The number of terminal acetylenes is 1. The fourth-order valence-electron chi connectivity index (χ4n) is 1.55. The maximum Gasteiger partial charge on any atom is 0.269 e. The zero-order valence-corrected chi connectivity index (χ0v) is 11.9. The summed E-state index contributed by atoms with van der Waals surface area (Å²) in [4.78, 5) is 14.5. The number of nitro benzene ring substituents is 1. The van der Waals surface area contributed by atoms with Crippen LogP contribution in [0, 0.1) is 22.5 Å². The van der Waals surface area contributed by atoms with Crippen molar-refractivity contribution in [1.29, 1.82) is 0 Å². The summed E-state index contributed by atoms with van der Waals surface area (Å²) in [5.41, 5.74) is 0.892. The molecular formula is C14H19N5O2. The zero-order valence-electron chi connectivity index (χ0n) is 11.9. The SMILES string of the molecule is C#CCNC(=NCCNc1ccc([N+](=O)[O-])cc1)NCC. The lowest BCUT2D eigenvalue weighted by atomic mass is 10.3. The Kier molecular flexibility index (Phi) is 7.14. The number of nitrogens with zero attached hydrogens (tertiary/aromatic N) is 2. The third-order valence-corrected chi connectivity index (χ3v) is 2.49. The largest absolute Gasteiger partial charge is 0.383 e. The Bertz CT molecular complexity index is 519. The zero-order chi connectivity index (χ0) is 15.5. The molecule has 0 unspecified atom stereocenters. The summed E-state index contributed by atoms with van der Waals surface area (Å²) in [7, 11) is 0. The van der Waals surface area contributed by atoms with E-state index < -0.39 is 4.92 Å². The molecule has 0 aliphatic rings. The molecule has 1 rings (SSSR count). The molecule has 0 heterocycles. The molecule has 0 radical (unpaired) electrons. The van der Waals surface area contributed by atoms with E-state index in [2.05, 4.69) is 26.9 Å². The summed E-state index contributed by atoms with van der Waals surface area (Å²) >= 11 is 0. The van der Waals surface area contributed by atoms with Crippen LogP contribution in [0.3, 0.4) is 0 Å². The van der Waals surface area contributed by atoms with E-state index in [9.17, 15) is 10.1 Å². The summed E-state index contributed by atoms with van der Waals surface area (Å²) in [5, 5.41) is 19.7.